The monoisotopic (exact) mass is 150 g/mol. The minimum atomic E-state index is -0.221. The first kappa shape index (κ1) is 6.76. The molecular weight excluding hydrogens is 140 g/mol. The lowest BCUT2D eigenvalue weighted by Gasteiger charge is -2.07. The van der Waals surface area contributed by atoms with E-state index in [0.717, 1.165) is 12.2 Å². The van der Waals surface area contributed by atoms with Crippen LogP contribution in [-0.4, -0.2) is 23.2 Å². The predicted octanol–water partition coefficient (Wildman–Crippen LogP) is -0.128. The molecule has 0 saturated carbocycles. The lowest BCUT2D eigenvalue weighted by atomic mass is 10.1. The molecule has 0 amide bonds. The third-order valence-corrected chi connectivity index (χ3v) is 2.03. The highest BCUT2D eigenvalue weighted by molar-refractivity contribution is 5.23. The van der Waals surface area contributed by atoms with Gasteiger partial charge in [0.05, 0.1) is 17.8 Å². The Morgan fingerprint density at radius 2 is 2.45 bits per heavy atom. The third-order valence-electron chi connectivity index (χ3n) is 2.03. The van der Waals surface area contributed by atoms with Crippen LogP contribution in [0.5, 0.6) is 0 Å². The molecule has 2 heterocycles. The van der Waals surface area contributed by atoms with Crippen molar-refractivity contribution in [2.75, 3.05) is 13.2 Å². The molecule has 0 aromatic carbocycles. The van der Waals surface area contributed by atoms with Crippen molar-refractivity contribution in [1.29, 1.82) is 0 Å². The summed E-state index contributed by atoms with van der Waals surface area (Å²) in [6.07, 6.45) is 1.74. The summed E-state index contributed by atoms with van der Waals surface area (Å²) >= 11 is 0. The van der Waals surface area contributed by atoms with Gasteiger partial charge in [0.2, 0.25) is 0 Å². The maximum absolute atomic E-state index is 9.01. The Labute approximate surface area is 65.1 Å². The Morgan fingerprint density at radius 3 is 2.91 bits per heavy atom. The van der Waals surface area contributed by atoms with Crippen LogP contribution in [0.15, 0.2) is 24.4 Å². The van der Waals surface area contributed by atoms with Gasteiger partial charge < -0.3 is 10.4 Å². The van der Waals surface area contributed by atoms with Crippen LogP contribution in [0.3, 0.4) is 0 Å². The number of aliphatic hydroxyl groups excluding tert-OH is 1. The maximum Gasteiger partial charge on any atom is 0.0969 e. The van der Waals surface area contributed by atoms with E-state index in [0.29, 0.717) is 0 Å². The predicted molar refractivity (Wildman–Crippen MR) is 41.0 cm³/mol. The molecule has 2 rings (SSSR count). The molecule has 1 unspecified atom stereocenters. The fourth-order valence-corrected chi connectivity index (χ4v) is 1.13. The molecule has 1 aromatic rings. The van der Waals surface area contributed by atoms with Crippen LogP contribution in [0.2, 0.25) is 0 Å². The molecule has 3 nitrogen and oxygen atoms in total. The Balaban J connectivity index is 2.30. The summed E-state index contributed by atoms with van der Waals surface area (Å²) in [6, 6.07) is 5.73. The molecular formula is C8H10N2O. The van der Waals surface area contributed by atoms with E-state index in [9.17, 15) is 0 Å². The Bertz CT molecular complexity index is 244. The molecule has 3 heteroatoms. The van der Waals surface area contributed by atoms with Gasteiger partial charge in [0, 0.05) is 12.7 Å². The fraction of sp³-hybridized carbons (Fsp3) is 0.375. The zero-order valence-corrected chi connectivity index (χ0v) is 6.12. The molecule has 0 spiro atoms. The maximum atomic E-state index is 9.01. The Hall–Kier alpha value is -0.930. The number of hydrogen-bond donors (Lipinski definition) is 2. The van der Waals surface area contributed by atoms with Gasteiger partial charge in [0.15, 0.2) is 0 Å². The van der Waals surface area contributed by atoms with Crippen molar-refractivity contribution in [3.05, 3.63) is 30.1 Å². The van der Waals surface area contributed by atoms with Crippen LogP contribution in [-0.2, 0) is 5.54 Å². The van der Waals surface area contributed by atoms with Gasteiger partial charge >= 0.3 is 0 Å². The first-order valence-corrected chi connectivity index (χ1v) is 3.65. The van der Waals surface area contributed by atoms with Crippen molar-refractivity contribution < 1.29 is 5.11 Å². The van der Waals surface area contributed by atoms with E-state index < -0.39 is 0 Å². The molecule has 1 saturated heterocycles. The van der Waals surface area contributed by atoms with Crippen LogP contribution in [0.1, 0.15) is 5.69 Å². The molecule has 2 N–H and O–H groups in total. The van der Waals surface area contributed by atoms with Gasteiger partial charge in [0.25, 0.3) is 0 Å². The summed E-state index contributed by atoms with van der Waals surface area (Å²) in [7, 11) is 0. The quantitative estimate of drug-likeness (QED) is 0.577. The Morgan fingerprint density at radius 1 is 1.64 bits per heavy atom. The fourth-order valence-electron chi connectivity index (χ4n) is 1.13. The molecule has 0 bridgehead atoms. The van der Waals surface area contributed by atoms with Crippen molar-refractivity contribution in [1.82, 2.24) is 10.3 Å². The van der Waals surface area contributed by atoms with Gasteiger partial charge in [-0.15, -0.1) is 0 Å². The first-order chi connectivity index (χ1) is 5.37. The first-order valence-electron chi connectivity index (χ1n) is 3.65. The van der Waals surface area contributed by atoms with Gasteiger partial charge in [-0.1, -0.05) is 6.07 Å². The third kappa shape index (κ3) is 1.02. The second kappa shape index (κ2) is 2.29. The summed E-state index contributed by atoms with van der Waals surface area (Å²) in [5.41, 5.74) is 0.712. The lowest BCUT2D eigenvalue weighted by molar-refractivity contribution is 0.250. The average Bonchev–Trinajstić information content (AvgIpc) is 2.86. The molecule has 1 fully saturated rings. The highest BCUT2D eigenvalue weighted by atomic mass is 16.3. The van der Waals surface area contributed by atoms with E-state index in [1.807, 2.05) is 18.2 Å². The lowest BCUT2D eigenvalue weighted by Crippen LogP contribution is -2.19. The van der Waals surface area contributed by atoms with Crippen LogP contribution in [0.25, 0.3) is 0 Å². The molecule has 11 heavy (non-hydrogen) atoms. The normalized spacial score (nSPS) is 28.5. The molecule has 1 aliphatic heterocycles. The van der Waals surface area contributed by atoms with Crippen LogP contribution in [0, 0.1) is 0 Å². The molecule has 58 valence electrons. The van der Waals surface area contributed by atoms with Crippen molar-refractivity contribution >= 4 is 0 Å². The van der Waals surface area contributed by atoms with Crippen molar-refractivity contribution in [3.63, 3.8) is 0 Å². The molecule has 1 aliphatic rings. The van der Waals surface area contributed by atoms with E-state index in [2.05, 4.69) is 10.3 Å². The zero-order valence-electron chi connectivity index (χ0n) is 6.12. The summed E-state index contributed by atoms with van der Waals surface area (Å²) in [4.78, 5) is 4.16. The second-order valence-electron chi connectivity index (χ2n) is 2.81. The van der Waals surface area contributed by atoms with Gasteiger partial charge in [-0.25, -0.2) is 0 Å². The molecule has 0 radical (unpaired) electrons. The Kier molecular flexibility index (Phi) is 1.41. The summed E-state index contributed by atoms with van der Waals surface area (Å²) in [6.45, 7) is 0.963. The number of pyridine rings is 1. The van der Waals surface area contributed by atoms with E-state index in [-0.39, 0.29) is 12.1 Å². The number of aliphatic hydroxyl groups is 1. The second-order valence-corrected chi connectivity index (χ2v) is 2.81. The highest BCUT2D eigenvalue weighted by Gasteiger charge is 2.44. The molecule has 1 aromatic heterocycles. The summed E-state index contributed by atoms with van der Waals surface area (Å²) < 4.78 is 0. The summed E-state index contributed by atoms with van der Waals surface area (Å²) in [5, 5.41) is 12.1. The van der Waals surface area contributed by atoms with Gasteiger partial charge in [0.1, 0.15) is 0 Å². The van der Waals surface area contributed by atoms with Crippen molar-refractivity contribution in [2.45, 2.75) is 5.54 Å². The standard InChI is InChI=1S/C8H10N2O/c11-6-8(5-10-8)7-3-1-2-4-9-7/h1-4,10-11H,5-6H2. The van der Waals surface area contributed by atoms with E-state index in [1.54, 1.807) is 6.20 Å². The number of hydrogen-bond acceptors (Lipinski definition) is 3. The number of rotatable bonds is 2. The number of aromatic nitrogens is 1. The van der Waals surface area contributed by atoms with Gasteiger partial charge in [-0.2, -0.15) is 0 Å². The van der Waals surface area contributed by atoms with Crippen molar-refractivity contribution in [3.8, 4) is 0 Å². The highest BCUT2D eigenvalue weighted by Crippen LogP contribution is 2.27. The van der Waals surface area contributed by atoms with E-state index in [4.69, 9.17) is 5.11 Å². The largest absolute Gasteiger partial charge is 0.394 e. The number of nitrogens with zero attached hydrogens (tertiary/aromatic N) is 1. The van der Waals surface area contributed by atoms with E-state index >= 15 is 0 Å². The van der Waals surface area contributed by atoms with Crippen LogP contribution < -0.4 is 5.32 Å². The SMILES string of the molecule is OCC1(c2ccccn2)CN1. The topological polar surface area (TPSA) is 55.1 Å². The minimum absolute atomic E-state index is 0.129. The summed E-state index contributed by atoms with van der Waals surface area (Å²) in [5.74, 6) is 0. The zero-order chi connectivity index (χ0) is 7.73. The van der Waals surface area contributed by atoms with Gasteiger partial charge in [-0.3, -0.25) is 4.98 Å². The van der Waals surface area contributed by atoms with E-state index in [1.165, 1.54) is 0 Å². The smallest absolute Gasteiger partial charge is 0.0969 e. The van der Waals surface area contributed by atoms with Gasteiger partial charge in [-0.05, 0) is 12.1 Å². The number of nitrogens with one attached hydrogen (secondary N) is 1. The van der Waals surface area contributed by atoms with Crippen molar-refractivity contribution in [2.24, 2.45) is 0 Å². The average molecular weight is 150 g/mol. The minimum Gasteiger partial charge on any atom is -0.394 e. The van der Waals surface area contributed by atoms with Crippen LogP contribution in [0.4, 0.5) is 0 Å². The molecule has 0 aliphatic carbocycles. The molecule has 1 atom stereocenters. The van der Waals surface area contributed by atoms with Crippen LogP contribution >= 0.6 is 0 Å².